The highest BCUT2D eigenvalue weighted by molar-refractivity contribution is 5.86. The van der Waals surface area contributed by atoms with Gasteiger partial charge in [0.25, 0.3) is 0 Å². The Kier molecular flexibility index (Phi) is 5.29. The Morgan fingerprint density at radius 3 is 2.58 bits per heavy atom. The number of fused-ring (bicyclic) bond motifs is 2. The van der Waals surface area contributed by atoms with E-state index in [1.165, 1.54) is 50.9 Å². The van der Waals surface area contributed by atoms with Crippen LogP contribution in [0.3, 0.4) is 0 Å². The van der Waals surface area contributed by atoms with Crippen LogP contribution in [0.15, 0.2) is 94.9 Å². The van der Waals surface area contributed by atoms with Crippen LogP contribution in [0.2, 0.25) is 0 Å². The summed E-state index contributed by atoms with van der Waals surface area (Å²) in [5, 5.41) is 3.68. The molecular weight excluding hydrogens is 444 g/mol. The quantitative estimate of drug-likeness (QED) is 0.432. The molecule has 180 valence electrons. The van der Waals surface area contributed by atoms with Crippen LogP contribution < -0.4 is 5.01 Å². The maximum absolute atomic E-state index is 5.07. The number of piperidine rings is 1. The summed E-state index contributed by atoms with van der Waals surface area (Å²) >= 11 is 0. The summed E-state index contributed by atoms with van der Waals surface area (Å²) in [6.07, 6.45) is 16.3. The highest BCUT2D eigenvalue weighted by atomic mass is 15.8. The first-order chi connectivity index (χ1) is 17.8. The van der Waals surface area contributed by atoms with Gasteiger partial charge in [0, 0.05) is 17.0 Å². The van der Waals surface area contributed by atoms with Gasteiger partial charge in [-0.25, -0.2) is 15.0 Å². The Labute approximate surface area is 212 Å². The number of rotatable bonds is 5. The summed E-state index contributed by atoms with van der Waals surface area (Å²) < 4.78 is 0.463. The van der Waals surface area contributed by atoms with Gasteiger partial charge in [-0.2, -0.15) is 0 Å². The zero-order valence-electron chi connectivity index (χ0n) is 20.4. The number of benzene rings is 2. The van der Waals surface area contributed by atoms with Crippen molar-refractivity contribution in [1.82, 2.24) is 9.88 Å². The number of pyridine rings is 1. The van der Waals surface area contributed by atoms with E-state index < -0.39 is 0 Å². The molecule has 1 saturated carbocycles. The highest BCUT2D eigenvalue weighted by Crippen LogP contribution is 2.41. The van der Waals surface area contributed by atoms with Crippen LogP contribution in [-0.4, -0.2) is 52.2 Å². The Hall–Kier alpha value is -3.61. The third kappa shape index (κ3) is 3.60. The van der Waals surface area contributed by atoms with Crippen molar-refractivity contribution in [3.05, 3.63) is 85.0 Å². The van der Waals surface area contributed by atoms with Gasteiger partial charge in [0.2, 0.25) is 12.0 Å². The minimum atomic E-state index is 0.413. The minimum Gasteiger partial charge on any atom is -0.300 e. The summed E-state index contributed by atoms with van der Waals surface area (Å²) in [7, 11) is 0. The van der Waals surface area contributed by atoms with E-state index >= 15 is 0 Å². The Bertz CT molecular complexity index is 1400. The van der Waals surface area contributed by atoms with Crippen LogP contribution in [0.25, 0.3) is 22.2 Å². The molecule has 3 aliphatic heterocycles. The molecule has 6 nitrogen and oxygen atoms in total. The second-order valence-electron chi connectivity index (χ2n) is 10.3. The molecule has 3 aromatic rings. The third-order valence-corrected chi connectivity index (χ3v) is 8.16. The molecule has 36 heavy (non-hydrogen) atoms. The summed E-state index contributed by atoms with van der Waals surface area (Å²) in [4.78, 5) is 16.8. The molecular formula is C30H31N6+. The lowest BCUT2D eigenvalue weighted by Gasteiger charge is -2.52. The van der Waals surface area contributed by atoms with E-state index in [2.05, 4.69) is 80.7 Å². The number of likely N-dealkylation sites (tertiary alicyclic amines) is 1. The van der Waals surface area contributed by atoms with Crippen LogP contribution in [0.1, 0.15) is 32.1 Å². The number of aliphatic imine (C=N–C) groups is 2. The van der Waals surface area contributed by atoms with Gasteiger partial charge in [-0.15, -0.1) is 4.59 Å². The first-order valence-corrected chi connectivity index (χ1v) is 13.1. The van der Waals surface area contributed by atoms with Crippen molar-refractivity contribution in [3.8, 4) is 11.3 Å². The van der Waals surface area contributed by atoms with Crippen LogP contribution in [0, 0.1) is 0 Å². The molecule has 1 atom stereocenters. The number of aromatic nitrogens is 1. The molecule has 6 heteroatoms. The van der Waals surface area contributed by atoms with Crippen LogP contribution >= 0.6 is 0 Å². The highest BCUT2D eigenvalue weighted by Gasteiger charge is 2.49. The van der Waals surface area contributed by atoms with Gasteiger partial charge in [-0.3, -0.25) is 4.99 Å². The first kappa shape index (κ1) is 21.7. The first-order valence-electron chi connectivity index (χ1n) is 13.1. The molecule has 2 fully saturated rings. The zero-order chi connectivity index (χ0) is 24.0. The topological polar surface area (TPSA) is 44.1 Å². The van der Waals surface area contributed by atoms with Crippen molar-refractivity contribution in [2.45, 2.75) is 44.2 Å². The summed E-state index contributed by atoms with van der Waals surface area (Å²) in [6.45, 7) is 2.50. The molecule has 0 bridgehead atoms. The molecule has 2 aromatic carbocycles. The standard InChI is InChI=1S/C30H31N6/c1-3-7-23(8-4-1)29-12-10-24-9-11-25(19-30(24)33-29)35(36-16-13-31-20-28(36)21-32-22-36)27-17-26(18-27)34-14-5-2-6-15-34/h1,3-4,7-13,16,19-22,26-27H,2,5-6,14-15,17-18H2/q+1. The van der Waals surface area contributed by atoms with Gasteiger partial charge in [0.05, 0.1) is 41.6 Å². The molecule has 0 N–H and O–H groups in total. The van der Waals surface area contributed by atoms with E-state index in [-0.39, 0.29) is 0 Å². The Morgan fingerprint density at radius 2 is 1.72 bits per heavy atom. The number of allylic oxidation sites excluding steroid dienone is 1. The maximum Gasteiger partial charge on any atom is 0.225 e. The van der Waals surface area contributed by atoms with E-state index in [1.807, 2.05) is 31.0 Å². The van der Waals surface area contributed by atoms with Gasteiger partial charge in [-0.1, -0.05) is 48.9 Å². The fourth-order valence-corrected chi connectivity index (χ4v) is 6.16. The average molecular weight is 476 g/mol. The van der Waals surface area contributed by atoms with Gasteiger partial charge in [0.1, 0.15) is 0 Å². The summed E-state index contributed by atoms with van der Waals surface area (Å²) in [6, 6.07) is 22.5. The van der Waals surface area contributed by atoms with E-state index in [0.29, 0.717) is 16.7 Å². The van der Waals surface area contributed by atoms with Crippen LogP contribution in [0.4, 0.5) is 5.69 Å². The van der Waals surface area contributed by atoms with E-state index in [9.17, 15) is 0 Å². The minimum absolute atomic E-state index is 0.413. The molecule has 1 aliphatic carbocycles. The maximum atomic E-state index is 5.07. The number of hydrogen-bond acceptors (Lipinski definition) is 5. The lowest BCUT2D eigenvalue weighted by molar-refractivity contribution is -0.746. The van der Waals surface area contributed by atoms with Gasteiger partial charge in [-0.05, 0) is 57.0 Å². The van der Waals surface area contributed by atoms with Crippen LogP contribution in [-0.2, 0) is 0 Å². The fraction of sp³-hybridized carbons (Fsp3) is 0.300. The monoisotopic (exact) mass is 475 g/mol. The van der Waals surface area contributed by atoms with Crippen LogP contribution in [0.5, 0.6) is 0 Å². The fourth-order valence-electron chi connectivity index (χ4n) is 6.16. The molecule has 7 rings (SSSR count). The molecule has 1 unspecified atom stereocenters. The number of hydrogen-bond donors (Lipinski definition) is 0. The molecule has 4 aliphatic rings. The number of nitrogens with zero attached hydrogens (tertiary/aromatic N) is 6. The molecule has 0 amide bonds. The lowest BCUT2D eigenvalue weighted by Crippen LogP contribution is -2.65. The lowest BCUT2D eigenvalue weighted by atomic mass is 9.83. The van der Waals surface area contributed by atoms with E-state index in [1.54, 1.807) is 0 Å². The van der Waals surface area contributed by atoms with Gasteiger partial charge in [0.15, 0.2) is 6.20 Å². The zero-order valence-corrected chi connectivity index (χ0v) is 20.4. The predicted molar refractivity (Wildman–Crippen MR) is 146 cm³/mol. The summed E-state index contributed by atoms with van der Waals surface area (Å²) in [5.41, 5.74) is 5.40. The van der Waals surface area contributed by atoms with Crippen molar-refractivity contribution in [3.63, 3.8) is 0 Å². The molecule has 1 aromatic heterocycles. The number of anilines is 1. The van der Waals surface area contributed by atoms with E-state index in [4.69, 9.17) is 4.98 Å². The third-order valence-electron chi connectivity index (χ3n) is 8.16. The summed E-state index contributed by atoms with van der Waals surface area (Å²) in [5.74, 6) is 0. The predicted octanol–water partition coefficient (Wildman–Crippen LogP) is 5.90. The van der Waals surface area contributed by atoms with Gasteiger partial charge < -0.3 is 4.90 Å². The van der Waals surface area contributed by atoms with Crippen molar-refractivity contribution in [1.29, 1.82) is 0 Å². The molecule has 4 heterocycles. The van der Waals surface area contributed by atoms with Gasteiger partial charge >= 0.3 is 0 Å². The largest absolute Gasteiger partial charge is 0.300 e. The molecule has 0 spiro atoms. The van der Waals surface area contributed by atoms with Crippen molar-refractivity contribution in [2.75, 3.05) is 18.1 Å². The molecule has 0 radical (unpaired) electrons. The second-order valence-corrected chi connectivity index (χ2v) is 10.3. The smallest absolute Gasteiger partial charge is 0.225 e. The second kappa shape index (κ2) is 8.80. The normalized spacial score (nSPS) is 27.1. The average Bonchev–Trinajstić information content (AvgIpc) is 3.35. The van der Waals surface area contributed by atoms with Crippen molar-refractivity contribution < 1.29 is 4.59 Å². The van der Waals surface area contributed by atoms with Crippen molar-refractivity contribution in [2.24, 2.45) is 9.98 Å². The molecule has 1 saturated heterocycles. The van der Waals surface area contributed by atoms with E-state index in [0.717, 1.165) is 27.9 Å². The number of quaternary nitrogens is 1. The Morgan fingerprint density at radius 1 is 0.889 bits per heavy atom. The Balaban J connectivity index is 1.27. The van der Waals surface area contributed by atoms with Crippen molar-refractivity contribution >= 4 is 29.1 Å². The SMILES string of the molecule is C1=C[N+]2(N(c3ccc4ccc(-c5ccccc5)nc4c3)C3CC(N4CCCCC4)C3)C=NC=C2C=N1.